The van der Waals surface area contributed by atoms with E-state index in [1.807, 2.05) is 18.2 Å². The van der Waals surface area contributed by atoms with Gasteiger partial charge >= 0.3 is 0 Å². The van der Waals surface area contributed by atoms with Crippen LogP contribution >= 0.6 is 24.0 Å². The number of rotatable bonds is 2. The number of benzene rings is 1. The van der Waals surface area contributed by atoms with Gasteiger partial charge in [0.15, 0.2) is 0 Å². The lowest BCUT2D eigenvalue weighted by atomic mass is 10.3. The quantitative estimate of drug-likeness (QED) is 0.924. The van der Waals surface area contributed by atoms with Gasteiger partial charge in [-0.25, -0.2) is 4.98 Å². The molecule has 1 fully saturated rings. The average molecular weight is 315 g/mol. The van der Waals surface area contributed by atoms with Gasteiger partial charge in [-0.1, -0.05) is 11.6 Å². The van der Waals surface area contributed by atoms with Gasteiger partial charge in [0.2, 0.25) is 0 Å². The molecule has 6 heteroatoms. The fourth-order valence-corrected chi connectivity index (χ4v) is 2.79. The zero-order chi connectivity index (χ0) is 13.2. The highest BCUT2D eigenvalue weighted by Gasteiger charge is 2.14. The third-order valence-electron chi connectivity index (χ3n) is 3.73. The molecule has 0 spiro atoms. The molecular formula is C14H20Cl2N4. The Morgan fingerprint density at radius 3 is 3.00 bits per heavy atom. The number of nitrogens with one attached hydrogen (secondary N) is 1. The second-order valence-electron chi connectivity index (χ2n) is 5.10. The lowest BCUT2D eigenvalue weighted by Crippen LogP contribution is -2.28. The number of hydrogen-bond donors (Lipinski definition) is 1. The van der Waals surface area contributed by atoms with E-state index in [-0.39, 0.29) is 12.4 Å². The fraction of sp³-hybridized carbons (Fsp3) is 0.500. The first-order chi connectivity index (χ1) is 9.24. The first-order valence-electron chi connectivity index (χ1n) is 6.78. The van der Waals surface area contributed by atoms with Crippen LogP contribution in [0.5, 0.6) is 0 Å². The smallest absolute Gasteiger partial charge is 0.123 e. The molecule has 0 atom stereocenters. The standard InChI is InChI=1S/C14H19ClN4.ClH/c1-18-13-4-3-11(15)9-12(13)17-14(18)10-19-7-2-5-16-6-8-19;/h3-4,9,16H,2,5-8,10H2,1H3;1H. The van der Waals surface area contributed by atoms with Gasteiger partial charge in [-0.05, 0) is 37.7 Å². The molecule has 1 aromatic carbocycles. The first kappa shape index (κ1) is 15.6. The van der Waals surface area contributed by atoms with Crippen LogP contribution in [0.3, 0.4) is 0 Å². The van der Waals surface area contributed by atoms with E-state index in [0.29, 0.717) is 0 Å². The number of imidazole rings is 1. The summed E-state index contributed by atoms with van der Waals surface area (Å²) in [5.41, 5.74) is 2.13. The third-order valence-corrected chi connectivity index (χ3v) is 3.97. The summed E-state index contributed by atoms with van der Waals surface area (Å²) in [5, 5.41) is 4.17. The van der Waals surface area contributed by atoms with Crippen molar-refractivity contribution in [3.05, 3.63) is 29.0 Å². The first-order valence-corrected chi connectivity index (χ1v) is 7.16. The van der Waals surface area contributed by atoms with Gasteiger partial charge in [0.05, 0.1) is 17.6 Å². The number of hydrogen-bond acceptors (Lipinski definition) is 3. The molecule has 1 N–H and O–H groups in total. The van der Waals surface area contributed by atoms with E-state index in [1.165, 1.54) is 6.42 Å². The van der Waals surface area contributed by atoms with Crippen molar-refractivity contribution in [1.82, 2.24) is 19.8 Å². The third kappa shape index (κ3) is 3.26. The van der Waals surface area contributed by atoms with Crippen molar-refractivity contribution in [3.63, 3.8) is 0 Å². The topological polar surface area (TPSA) is 33.1 Å². The summed E-state index contributed by atoms with van der Waals surface area (Å²) in [7, 11) is 2.08. The van der Waals surface area contributed by atoms with Crippen molar-refractivity contribution >= 4 is 35.0 Å². The van der Waals surface area contributed by atoms with Crippen molar-refractivity contribution in [2.24, 2.45) is 7.05 Å². The highest BCUT2D eigenvalue weighted by atomic mass is 35.5. The van der Waals surface area contributed by atoms with Crippen LogP contribution in [0.15, 0.2) is 18.2 Å². The summed E-state index contributed by atoms with van der Waals surface area (Å²) in [6.07, 6.45) is 1.20. The van der Waals surface area contributed by atoms with Crippen LogP contribution in [0.25, 0.3) is 11.0 Å². The molecule has 2 aromatic rings. The van der Waals surface area contributed by atoms with Gasteiger partial charge in [0.25, 0.3) is 0 Å². The summed E-state index contributed by atoms with van der Waals surface area (Å²) in [6.45, 7) is 5.32. The minimum Gasteiger partial charge on any atom is -0.330 e. The van der Waals surface area contributed by atoms with Gasteiger partial charge in [0, 0.05) is 25.2 Å². The normalized spacial score (nSPS) is 16.9. The average Bonchev–Trinajstić information content (AvgIpc) is 2.58. The Labute approximate surface area is 130 Å². The van der Waals surface area contributed by atoms with Gasteiger partial charge in [-0.3, -0.25) is 4.90 Å². The van der Waals surface area contributed by atoms with E-state index in [0.717, 1.165) is 54.6 Å². The molecule has 0 amide bonds. The molecule has 0 saturated carbocycles. The molecule has 0 radical (unpaired) electrons. The number of fused-ring (bicyclic) bond motifs is 1. The van der Waals surface area contributed by atoms with Crippen molar-refractivity contribution in [2.45, 2.75) is 13.0 Å². The zero-order valence-corrected chi connectivity index (χ0v) is 13.2. The van der Waals surface area contributed by atoms with Gasteiger partial charge < -0.3 is 9.88 Å². The van der Waals surface area contributed by atoms with Crippen LogP contribution in [0.1, 0.15) is 12.2 Å². The van der Waals surface area contributed by atoms with Crippen LogP contribution in [0.2, 0.25) is 5.02 Å². The number of halogens is 2. The SMILES string of the molecule is Cl.Cn1c(CN2CCCNCC2)nc2cc(Cl)ccc21. The summed E-state index contributed by atoms with van der Waals surface area (Å²) >= 11 is 6.03. The van der Waals surface area contributed by atoms with E-state index in [2.05, 4.69) is 21.8 Å². The lowest BCUT2D eigenvalue weighted by molar-refractivity contribution is 0.275. The highest BCUT2D eigenvalue weighted by Crippen LogP contribution is 2.20. The molecule has 3 rings (SSSR count). The molecule has 1 saturated heterocycles. The Balaban J connectivity index is 0.00000147. The van der Waals surface area contributed by atoms with E-state index in [9.17, 15) is 0 Å². The Kier molecular flexibility index (Phi) is 5.27. The predicted molar refractivity (Wildman–Crippen MR) is 85.7 cm³/mol. The van der Waals surface area contributed by atoms with Crippen LogP contribution in [-0.2, 0) is 13.6 Å². The fourth-order valence-electron chi connectivity index (χ4n) is 2.62. The maximum Gasteiger partial charge on any atom is 0.123 e. The molecule has 0 unspecified atom stereocenters. The monoisotopic (exact) mass is 314 g/mol. The van der Waals surface area contributed by atoms with E-state index < -0.39 is 0 Å². The molecule has 110 valence electrons. The van der Waals surface area contributed by atoms with Gasteiger partial charge in [-0.2, -0.15) is 0 Å². The molecule has 2 heterocycles. The van der Waals surface area contributed by atoms with Crippen molar-refractivity contribution < 1.29 is 0 Å². The Morgan fingerprint density at radius 2 is 2.15 bits per heavy atom. The van der Waals surface area contributed by atoms with Crippen LogP contribution < -0.4 is 5.32 Å². The largest absolute Gasteiger partial charge is 0.330 e. The zero-order valence-electron chi connectivity index (χ0n) is 11.6. The predicted octanol–water partition coefficient (Wildman–Crippen LogP) is 2.44. The Bertz CT molecular complexity index is 574. The molecule has 1 aromatic heterocycles. The molecule has 1 aliphatic rings. The molecule has 4 nitrogen and oxygen atoms in total. The number of aromatic nitrogens is 2. The summed E-state index contributed by atoms with van der Waals surface area (Å²) in [5.74, 6) is 1.11. The molecule has 20 heavy (non-hydrogen) atoms. The maximum atomic E-state index is 6.03. The van der Waals surface area contributed by atoms with Gasteiger partial charge in [0.1, 0.15) is 5.82 Å². The Hall–Kier alpha value is -0.810. The highest BCUT2D eigenvalue weighted by molar-refractivity contribution is 6.31. The number of aryl methyl sites for hydroxylation is 1. The van der Waals surface area contributed by atoms with Crippen LogP contribution in [-0.4, -0.2) is 40.6 Å². The minimum absolute atomic E-state index is 0. The molecular weight excluding hydrogens is 295 g/mol. The van der Waals surface area contributed by atoms with Crippen molar-refractivity contribution in [2.75, 3.05) is 26.2 Å². The summed E-state index contributed by atoms with van der Waals surface area (Å²) in [6, 6.07) is 5.90. The van der Waals surface area contributed by atoms with E-state index in [1.54, 1.807) is 0 Å². The number of nitrogens with zero attached hydrogens (tertiary/aromatic N) is 3. The second-order valence-corrected chi connectivity index (χ2v) is 5.54. The summed E-state index contributed by atoms with van der Waals surface area (Å²) in [4.78, 5) is 7.18. The second kappa shape index (κ2) is 6.76. The lowest BCUT2D eigenvalue weighted by Gasteiger charge is -2.18. The minimum atomic E-state index is 0. The molecule has 0 aliphatic carbocycles. The molecule has 0 bridgehead atoms. The Morgan fingerprint density at radius 1 is 1.30 bits per heavy atom. The summed E-state index contributed by atoms with van der Waals surface area (Å²) < 4.78 is 2.17. The van der Waals surface area contributed by atoms with Crippen LogP contribution in [0, 0.1) is 0 Å². The van der Waals surface area contributed by atoms with Gasteiger partial charge in [-0.15, -0.1) is 12.4 Å². The van der Waals surface area contributed by atoms with Crippen LogP contribution in [0.4, 0.5) is 0 Å². The maximum absolute atomic E-state index is 6.03. The van der Waals surface area contributed by atoms with E-state index >= 15 is 0 Å². The van der Waals surface area contributed by atoms with Crippen molar-refractivity contribution in [1.29, 1.82) is 0 Å². The van der Waals surface area contributed by atoms with Crippen molar-refractivity contribution in [3.8, 4) is 0 Å². The van der Waals surface area contributed by atoms with E-state index in [4.69, 9.17) is 16.6 Å². The molecule has 1 aliphatic heterocycles.